The summed E-state index contributed by atoms with van der Waals surface area (Å²) in [6.45, 7) is 9.66. The molecule has 0 atom stereocenters. The molecular weight excluding hydrogens is 244 g/mol. The predicted molar refractivity (Wildman–Crippen MR) is 73.8 cm³/mol. The summed E-state index contributed by atoms with van der Waals surface area (Å²) < 4.78 is 5.19. The van der Waals surface area contributed by atoms with Gasteiger partial charge in [-0.15, -0.1) is 0 Å². The van der Waals surface area contributed by atoms with Crippen molar-refractivity contribution in [2.75, 3.05) is 19.6 Å². The van der Waals surface area contributed by atoms with Crippen LogP contribution in [0.4, 0.5) is 4.79 Å². The van der Waals surface area contributed by atoms with Crippen LogP contribution in [0.2, 0.25) is 0 Å². The summed E-state index contributed by atoms with van der Waals surface area (Å²) in [5.74, 6) is 0.659. The molecule has 0 unspecified atom stereocenters. The third-order valence-electron chi connectivity index (χ3n) is 3.20. The number of carbonyl (C=O) groups excluding carboxylic acids is 2. The second-order valence-corrected chi connectivity index (χ2v) is 6.06. The topological polar surface area (TPSA) is 58.6 Å². The Bertz CT molecular complexity index is 315. The quantitative estimate of drug-likeness (QED) is 0.855. The number of piperidine rings is 1. The third-order valence-corrected chi connectivity index (χ3v) is 3.20. The van der Waals surface area contributed by atoms with Gasteiger partial charge in [-0.05, 0) is 39.5 Å². The van der Waals surface area contributed by atoms with Gasteiger partial charge in [0.25, 0.3) is 0 Å². The van der Waals surface area contributed by atoms with E-state index in [1.165, 1.54) is 0 Å². The zero-order chi connectivity index (χ0) is 14.5. The smallest absolute Gasteiger partial charge is 0.407 e. The van der Waals surface area contributed by atoms with E-state index < -0.39 is 5.60 Å². The van der Waals surface area contributed by atoms with Gasteiger partial charge in [-0.25, -0.2) is 4.79 Å². The molecule has 19 heavy (non-hydrogen) atoms. The number of carbonyl (C=O) groups is 2. The fourth-order valence-electron chi connectivity index (χ4n) is 2.15. The van der Waals surface area contributed by atoms with Crippen LogP contribution in [0.3, 0.4) is 0 Å². The van der Waals surface area contributed by atoms with Crippen molar-refractivity contribution in [3.8, 4) is 0 Å². The number of ether oxygens (including phenoxy) is 1. The molecule has 0 aromatic carbocycles. The molecular formula is C14H26N2O3. The summed E-state index contributed by atoms with van der Waals surface area (Å²) in [6.07, 6.45) is 2.10. The van der Waals surface area contributed by atoms with E-state index in [2.05, 4.69) is 5.32 Å². The first-order chi connectivity index (χ1) is 8.81. The van der Waals surface area contributed by atoms with E-state index in [1.807, 2.05) is 32.6 Å². The van der Waals surface area contributed by atoms with Crippen molar-refractivity contribution >= 4 is 12.0 Å². The highest BCUT2D eigenvalue weighted by Gasteiger charge is 2.23. The van der Waals surface area contributed by atoms with Crippen molar-refractivity contribution in [1.82, 2.24) is 10.2 Å². The van der Waals surface area contributed by atoms with Crippen molar-refractivity contribution in [3.63, 3.8) is 0 Å². The zero-order valence-corrected chi connectivity index (χ0v) is 12.5. The number of nitrogens with one attached hydrogen (secondary N) is 1. The fraction of sp³-hybridized carbons (Fsp3) is 0.857. The first-order valence-corrected chi connectivity index (χ1v) is 7.06. The van der Waals surface area contributed by atoms with Crippen LogP contribution in [-0.2, 0) is 9.53 Å². The molecule has 1 rings (SSSR count). The molecule has 1 N–H and O–H groups in total. The summed E-state index contributed by atoms with van der Waals surface area (Å²) in [7, 11) is 0. The maximum Gasteiger partial charge on any atom is 0.407 e. The third kappa shape index (κ3) is 5.94. The van der Waals surface area contributed by atoms with Crippen LogP contribution in [-0.4, -0.2) is 42.1 Å². The van der Waals surface area contributed by atoms with Crippen molar-refractivity contribution in [3.05, 3.63) is 0 Å². The Morgan fingerprint density at radius 1 is 1.26 bits per heavy atom. The molecule has 0 aliphatic carbocycles. The van der Waals surface area contributed by atoms with Crippen LogP contribution in [0.25, 0.3) is 0 Å². The minimum absolute atomic E-state index is 0.221. The lowest BCUT2D eigenvalue weighted by atomic mass is 9.96. The summed E-state index contributed by atoms with van der Waals surface area (Å²) >= 11 is 0. The van der Waals surface area contributed by atoms with Crippen molar-refractivity contribution in [2.45, 2.75) is 52.6 Å². The van der Waals surface area contributed by atoms with Gasteiger partial charge >= 0.3 is 6.09 Å². The molecule has 110 valence electrons. The van der Waals surface area contributed by atoms with E-state index in [1.54, 1.807) is 0 Å². The minimum atomic E-state index is -0.457. The molecule has 0 spiro atoms. The molecule has 0 aromatic heterocycles. The van der Waals surface area contributed by atoms with Crippen molar-refractivity contribution in [1.29, 1.82) is 0 Å². The Labute approximate surface area is 115 Å². The Kier molecular flexibility index (Phi) is 5.63. The highest BCUT2D eigenvalue weighted by atomic mass is 16.6. The Balaban J connectivity index is 2.23. The van der Waals surface area contributed by atoms with E-state index in [-0.39, 0.29) is 12.0 Å². The fourth-order valence-corrected chi connectivity index (χ4v) is 2.15. The first kappa shape index (κ1) is 15.8. The van der Waals surface area contributed by atoms with Crippen LogP contribution in [0.5, 0.6) is 0 Å². The largest absolute Gasteiger partial charge is 0.444 e. The van der Waals surface area contributed by atoms with Crippen LogP contribution in [0.1, 0.15) is 47.0 Å². The molecule has 1 aliphatic heterocycles. The summed E-state index contributed by atoms with van der Waals surface area (Å²) in [4.78, 5) is 25.0. The molecule has 1 saturated heterocycles. The second kappa shape index (κ2) is 6.78. The molecule has 0 bridgehead atoms. The molecule has 1 fully saturated rings. The SMILES string of the molecule is CCC(=O)N1CCC(CNC(=O)OC(C)(C)C)CC1. The van der Waals surface area contributed by atoms with Gasteiger partial charge in [0.05, 0.1) is 0 Å². The number of rotatable bonds is 3. The molecule has 0 radical (unpaired) electrons. The van der Waals surface area contributed by atoms with Crippen molar-refractivity contribution < 1.29 is 14.3 Å². The van der Waals surface area contributed by atoms with Gasteiger partial charge in [-0.1, -0.05) is 6.92 Å². The van der Waals surface area contributed by atoms with E-state index in [0.29, 0.717) is 18.9 Å². The molecule has 1 heterocycles. The van der Waals surface area contributed by atoms with E-state index >= 15 is 0 Å². The molecule has 5 heteroatoms. The second-order valence-electron chi connectivity index (χ2n) is 6.06. The average molecular weight is 270 g/mol. The van der Waals surface area contributed by atoms with Crippen LogP contribution in [0, 0.1) is 5.92 Å². The lowest BCUT2D eigenvalue weighted by Gasteiger charge is -2.32. The van der Waals surface area contributed by atoms with Gasteiger partial charge in [0.1, 0.15) is 5.60 Å². The Morgan fingerprint density at radius 3 is 2.32 bits per heavy atom. The van der Waals surface area contributed by atoms with Gasteiger partial charge in [0, 0.05) is 26.1 Å². The van der Waals surface area contributed by atoms with Gasteiger partial charge in [0.2, 0.25) is 5.91 Å². The number of nitrogens with zero attached hydrogens (tertiary/aromatic N) is 1. The van der Waals surface area contributed by atoms with Crippen LogP contribution >= 0.6 is 0 Å². The number of alkyl carbamates (subject to hydrolysis) is 1. The highest BCUT2D eigenvalue weighted by molar-refractivity contribution is 5.75. The number of hydrogen-bond acceptors (Lipinski definition) is 3. The monoisotopic (exact) mass is 270 g/mol. The molecule has 0 aromatic rings. The van der Waals surface area contributed by atoms with E-state index in [4.69, 9.17) is 4.74 Å². The van der Waals surface area contributed by atoms with Gasteiger partial charge in [-0.3, -0.25) is 4.79 Å². The van der Waals surface area contributed by atoms with Crippen molar-refractivity contribution in [2.24, 2.45) is 5.92 Å². The Morgan fingerprint density at radius 2 is 1.84 bits per heavy atom. The van der Waals surface area contributed by atoms with E-state index in [9.17, 15) is 9.59 Å². The zero-order valence-electron chi connectivity index (χ0n) is 12.5. The highest BCUT2D eigenvalue weighted by Crippen LogP contribution is 2.17. The van der Waals surface area contributed by atoms with Crippen LogP contribution in [0.15, 0.2) is 0 Å². The van der Waals surface area contributed by atoms with Gasteiger partial charge < -0.3 is 15.0 Å². The number of likely N-dealkylation sites (tertiary alicyclic amines) is 1. The molecule has 2 amide bonds. The average Bonchev–Trinajstić information content (AvgIpc) is 2.34. The maximum atomic E-state index is 11.5. The lowest BCUT2D eigenvalue weighted by molar-refractivity contribution is -0.132. The van der Waals surface area contributed by atoms with Crippen LogP contribution < -0.4 is 5.32 Å². The van der Waals surface area contributed by atoms with Gasteiger partial charge in [-0.2, -0.15) is 0 Å². The normalized spacial score (nSPS) is 17.2. The summed E-state index contributed by atoms with van der Waals surface area (Å²) in [5.41, 5.74) is -0.457. The minimum Gasteiger partial charge on any atom is -0.444 e. The van der Waals surface area contributed by atoms with E-state index in [0.717, 1.165) is 25.9 Å². The van der Waals surface area contributed by atoms with Gasteiger partial charge in [0.15, 0.2) is 0 Å². The molecule has 5 nitrogen and oxygen atoms in total. The number of hydrogen-bond donors (Lipinski definition) is 1. The Hall–Kier alpha value is -1.26. The molecule has 1 aliphatic rings. The first-order valence-electron chi connectivity index (χ1n) is 7.06. The number of amides is 2. The summed E-state index contributed by atoms with van der Waals surface area (Å²) in [5, 5.41) is 2.80. The maximum absolute atomic E-state index is 11.5. The standard InChI is InChI=1S/C14H26N2O3/c1-5-12(17)16-8-6-11(7-9-16)10-15-13(18)19-14(2,3)4/h11H,5-10H2,1-4H3,(H,15,18). The molecule has 0 saturated carbocycles. The predicted octanol–water partition coefficient (Wildman–Crippen LogP) is 2.16. The lowest BCUT2D eigenvalue weighted by Crippen LogP contribution is -2.42. The summed E-state index contributed by atoms with van der Waals surface area (Å²) in [6, 6.07) is 0.